The molecule has 0 radical (unpaired) electrons. The van der Waals surface area contributed by atoms with Crippen molar-refractivity contribution in [3.8, 4) is 0 Å². The summed E-state index contributed by atoms with van der Waals surface area (Å²) >= 11 is 0. The van der Waals surface area contributed by atoms with E-state index in [1.165, 1.54) is 0 Å². The number of carbonyl (C=O) groups excluding carboxylic acids is 1. The molecular weight excluding hydrogens is 236 g/mol. The van der Waals surface area contributed by atoms with Crippen LogP contribution in [0.15, 0.2) is 30.3 Å². The topological polar surface area (TPSA) is 55.1 Å². The average molecular weight is 262 g/mol. The molecule has 3 atom stereocenters. The van der Waals surface area contributed by atoms with Crippen molar-refractivity contribution in [2.75, 3.05) is 0 Å². The molecule has 1 aromatic rings. The smallest absolute Gasteiger partial charge is 0.237 e. The largest absolute Gasteiger partial charge is 0.348 e. The number of rotatable bonds is 7. The van der Waals surface area contributed by atoms with Crippen LogP contribution in [0, 0.1) is 5.92 Å². The lowest BCUT2D eigenvalue weighted by molar-refractivity contribution is -0.124. The van der Waals surface area contributed by atoms with Crippen molar-refractivity contribution in [2.45, 2.75) is 52.1 Å². The highest BCUT2D eigenvalue weighted by Gasteiger charge is 2.22. The molecule has 0 aromatic heterocycles. The summed E-state index contributed by atoms with van der Waals surface area (Å²) in [6, 6.07) is 9.73. The first-order chi connectivity index (χ1) is 9.10. The maximum Gasteiger partial charge on any atom is 0.237 e. The number of amides is 1. The number of nitrogens with one attached hydrogen (secondary N) is 1. The highest BCUT2D eigenvalue weighted by molar-refractivity contribution is 5.82. The Morgan fingerprint density at radius 1 is 1.26 bits per heavy atom. The fourth-order valence-corrected chi connectivity index (χ4v) is 2.08. The summed E-state index contributed by atoms with van der Waals surface area (Å²) in [5.41, 5.74) is 7.13. The third-order valence-corrected chi connectivity index (χ3v) is 3.66. The Balaban J connectivity index is 2.71. The Hall–Kier alpha value is -1.35. The van der Waals surface area contributed by atoms with Gasteiger partial charge in [0.25, 0.3) is 0 Å². The van der Waals surface area contributed by atoms with Crippen molar-refractivity contribution in [3.63, 3.8) is 0 Å². The molecule has 3 nitrogen and oxygen atoms in total. The summed E-state index contributed by atoms with van der Waals surface area (Å²) < 4.78 is 0. The van der Waals surface area contributed by atoms with E-state index in [-0.39, 0.29) is 17.9 Å². The summed E-state index contributed by atoms with van der Waals surface area (Å²) in [5.74, 6) is 0.162. The highest BCUT2D eigenvalue weighted by Crippen LogP contribution is 2.18. The molecule has 0 saturated heterocycles. The molecule has 0 bridgehead atoms. The summed E-state index contributed by atoms with van der Waals surface area (Å²) in [5, 5.41) is 3.09. The first-order valence-corrected chi connectivity index (χ1v) is 7.21. The van der Waals surface area contributed by atoms with E-state index in [0.717, 1.165) is 24.8 Å². The monoisotopic (exact) mass is 262 g/mol. The zero-order chi connectivity index (χ0) is 14.3. The fraction of sp³-hybridized carbons (Fsp3) is 0.562. The lowest BCUT2D eigenvalue weighted by Gasteiger charge is -2.23. The van der Waals surface area contributed by atoms with Gasteiger partial charge in [0.2, 0.25) is 5.91 Å². The van der Waals surface area contributed by atoms with E-state index >= 15 is 0 Å². The number of nitrogens with two attached hydrogens (primary N) is 1. The molecule has 0 aliphatic rings. The van der Waals surface area contributed by atoms with Gasteiger partial charge < -0.3 is 11.1 Å². The van der Waals surface area contributed by atoms with Gasteiger partial charge >= 0.3 is 0 Å². The van der Waals surface area contributed by atoms with E-state index in [1.807, 2.05) is 25.1 Å². The molecule has 1 unspecified atom stereocenters. The Kier molecular flexibility index (Phi) is 6.57. The maximum absolute atomic E-state index is 12.2. The molecule has 0 aliphatic carbocycles. The van der Waals surface area contributed by atoms with Crippen LogP contribution in [0.25, 0.3) is 0 Å². The van der Waals surface area contributed by atoms with E-state index in [9.17, 15) is 4.79 Å². The quantitative estimate of drug-likeness (QED) is 0.793. The van der Waals surface area contributed by atoms with Gasteiger partial charge in [0.1, 0.15) is 0 Å². The number of hydrogen-bond acceptors (Lipinski definition) is 2. The van der Waals surface area contributed by atoms with Crippen LogP contribution in [0.1, 0.15) is 51.6 Å². The molecule has 0 spiro atoms. The third kappa shape index (κ3) is 4.67. The molecule has 0 aliphatic heterocycles. The lowest BCUT2D eigenvalue weighted by atomic mass is 9.97. The van der Waals surface area contributed by atoms with Crippen LogP contribution in [0.4, 0.5) is 0 Å². The average Bonchev–Trinajstić information content (AvgIpc) is 2.46. The van der Waals surface area contributed by atoms with Gasteiger partial charge in [-0.25, -0.2) is 0 Å². The van der Waals surface area contributed by atoms with Gasteiger partial charge in [-0.3, -0.25) is 4.79 Å². The van der Waals surface area contributed by atoms with Crippen LogP contribution in [-0.4, -0.2) is 11.9 Å². The predicted octanol–water partition coefficient (Wildman–Crippen LogP) is 3.02. The SMILES string of the molecule is CCCC(NC(=O)[C@@H](N)[C@@H](C)CC)c1ccccc1. The minimum atomic E-state index is -0.423. The first-order valence-electron chi connectivity index (χ1n) is 7.21. The molecule has 1 amide bonds. The van der Waals surface area contributed by atoms with Crippen LogP contribution in [0.5, 0.6) is 0 Å². The zero-order valence-corrected chi connectivity index (χ0v) is 12.2. The van der Waals surface area contributed by atoms with Crippen molar-refractivity contribution >= 4 is 5.91 Å². The van der Waals surface area contributed by atoms with E-state index in [2.05, 4.69) is 31.3 Å². The van der Waals surface area contributed by atoms with Crippen LogP contribution >= 0.6 is 0 Å². The van der Waals surface area contributed by atoms with Crippen molar-refractivity contribution in [1.29, 1.82) is 0 Å². The van der Waals surface area contributed by atoms with Crippen LogP contribution in [0.2, 0.25) is 0 Å². The van der Waals surface area contributed by atoms with Gasteiger partial charge in [0, 0.05) is 0 Å². The van der Waals surface area contributed by atoms with Crippen molar-refractivity contribution in [3.05, 3.63) is 35.9 Å². The Bertz CT molecular complexity index is 378. The number of hydrogen-bond donors (Lipinski definition) is 2. The van der Waals surface area contributed by atoms with Gasteiger partial charge in [-0.15, -0.1) is 0 Å². The number of benzene rings is 1. The second kappa shape index (κ2) is 7.95. The molecule has 19 heavy (non-hydrogen) atoms. The maximum atomic E-state index is 12.2. The third-order valence-electron chi connectivity index (χ3n) is 3.66. The van der Waals surface area contributed by atoms with E-state index in [1.54, 1.807) is 0 Å². The first kappa shape index (κ1) is 15.7. The van der Waals surface area contributed by atoms with Crippen LogP contribution < -0.4 is 11.1 Å². The molecule has 1 rings (SSSR count). The summed E-state index contributed by atoms with van der Waals surface area (Å²) in [6.07, 6.45) is 2.87. The van der Waals surface area contributed by atoms with E-state index < -0.39 is 6.04 Å². The van der Waals surface area contributed by atoms with Gasteiger partial charge in [0.05, 0.1) is 12.1 Å². The molecule has 1 aromatic carbocycles. The van der Waals surface area contributed by atoms with Gasteiger partial charge in [-0.2, -0.15) is 0 Å². The predicted molar refractivity (Wildman–Crippen MR) is 79.7 cm³/mol. The molecular formula is C16H26N2O. The van der Waals surface area contributed by atoms with Gasteiger partial charge in [-0.05, 0) is 17.9 Å². The lowest BCUT2D eigenvalue weighted by Crippen LogP contribution is -2.45. The minimum Gasteiger partial charge on any atom is -0.348 e. The fourth-order valence-electron chi connectivity index (χ4n) is 2.08. The summed E-state index contributed by atoms with van der Waals surface area (Å²) in [6.45, 7) is 6.19. The molecule has 3 heteroatoms. The Labute approximate surface area is 116 Å². The summed E-state index contributed by atoms with van der Waals surface area (Å²) in [7, 11) is 0. The van der Waals surface area contributed by atoms with Gasteiger partial charge in [0.15, 0.2) is 0 Å². The van der Waals surface area contributed by atoms with Crippen molar-refractivity contribution in [2.24, 2.45) is 11.7 Å². The Morgan fingerprint density at radius 2 is 1.89 bits per heavy atom. The van der Waals surface area contributed by atoms with Crippen LogP contribution in [-0.2, 0) is 4.79 Å². The molecule has 0 saturated carbocycles. The van der Waals surface area contributed by atoms with E-state index in [0.29, 0.717) is 0 Å². The Morgan fingerprint density at radius 3 is 2.42 bits per heavy atom. The van der Waals surface area contributed by atoms with Crippen molar-refractivity contribution < 1.29 is 4.79 Å². The molecule has 106 valence electrons. The molecule has 0 heterocycles. The molecule has 3 N–H and O–H groups in total. The summed E-state index contributed by atoms with van der Waals surface area (Å²) in [4.78, 5) is 12.2. The van der Waals surface area contributed by atoms with E-state index in [4.69, 9.17) is 5.73 Å². The normalized spacial score (nSPS) is 15.6. The second-order valence-corrected chi connectivity index (χ2v) is 5.17. The highest BCUT2D eigenvalue weighted by atomic mass is 16.2. The van der Waals surface area contributed by atoms with Crippen molar-refractivity contribution in [1.82, 2.24) is 5.32 Å². The second-order valence-electron chi connectivity index (χ2n) is 5.17. The zero-order valence-electron chi connectivity index (χ0n) is 12.2. The number of carbonyl (C=O) groups is 1. The minimum absolute atomic E-state index is 0.0448. The van der Waals surface area contributed by atoms with Gasteiger partial charge in [-0.1, -0.05) is 63.9 Å². The van der Waals surface area contributed by atoms with Crippen LogP contribution in [0.3, 0.4) is 0 Å². The standard InChI is InChI=1S/C16H26N2O/c1-4-9-14(13-10-7-6-8-11-13)18-16(19)15(17)12(3)5-2/h6-8,10-12,14-15H,4-5,9,17H2,1-3H3,(H,18,19)/t12-,14?,15-/m0/s1. The molecule has 0 fully saturated rings.